The van der Waals surface area contributed by atoms with Crippen LogP contribution in [0, 0.1) is 10.8 Å². The average Bonchev–Trinajstić information content (AvgIpc) is 3.76. The summed E-state index contributed by atoms with van der Waals surface area (Å²) in [6, 6.07) is 20.6. The second-order valence-corrected chi connectivity index (χ2v) is 19.1. The number of ether oxygens (including phenoxy) is 1. The molecule has 0 bridgehead atoms. The zero-order valence-corrected chi connectivity index (χ0v) is 35.8. The topological polar surface area (TPSA) is 115 Å². The van der Waals surface area contributed by atoms with E-state index in [1.54, 1.807) is 16.8 Å². The van der Waals surface area contributed by atoms with E-state index in [0.29, 0.717) is 30.9 Å². The maximum absolute atomic E-state index is 13.3. The number of aromatic nitrogens is 2. The third-order valence-electron chi connectivity index (χ3n) is 10.1. The van der Waals surface area contributed by atoms with Gasteiger partial charge in [-0.3, -0.25) is 19.7 Å². The van der Waals surface area contributed by atoms with Crippen LogP contribution in [0.1, 0.15) is 127 Å². The third-order valence-corrected chi connectivity index (χ3v) is 12.0. The van der Waals surface area contributed by atoms with Gasteiger partial charge in [-0.25, -0.2) is 14.8 Å². The maximum Gasteiger partial charge on any atom is 0.413 e. The lowest BCUT2D eigenvalue weighted by Crippen LogP contribution is -2.41. The van der Waals surface area contributed by atoms with Gasteiger partial charge in [-0.2, -0.15) is 0 Å². The van der Waals surface area contributed by atoms with Crippen LogP contribution in [0.2, 0.25) is 0 Å². The van der Waals surface area contributed by atoms with Crippen LogP contribution < -0.4 is 5.32 Å². The van der Waals surface area contributed by atoms with E-state index in [9.17, 15) is 19.2 Å². The summed E-state index contributed by atoms with van der Waals surface area (Å²) in [7, 11) is 0. The molecule has 1 amide bonds. The van der Waals surface area contributed by atoms with Gasteiger partial charge in [-0.05, 0) is 68.1 Å². The number of anilines is 1. The second kappa shape index (κ2) is 17.3. The predicted octanol–water partition coefficient (Wildman–Crippen LogP) is 11.4. The number of carbonyl (C=O) groups excluding carboxylic acids is 4. The first-order valence-electron chi connectivity index (χ1n) is 19.3. The Kier molecular flexibility index (Phi) is 13.2. The molecule has 4 aromatic rings. The van der Waals surface area contributed by atoms with E-state index in [1.165, 1.54) is 33.0 Å². The van der Waals surface area contributed by atoms with Gasteiger partial charge in [0, 0.05) is 36.1 Å². The van der Waals surface area contributed by atoms with Gasteiger partial charge < -0.3 is 4.74 Å². The minimum absolute atomic E-state index is 0.0552. The first kappa shape index (κ1) is 42.6. The Hall–Kier alpha value is -4.54. The number of allylic oxidation sites excluding steroid dienone is 3. The van der Waals surface area contributed by atoms with E-state index in [1.807, 2.05) is 89.5 Å². The molecular formula is C46H55N3O5S2. The molecule has 0 spiro atoms. The van der Waals surface area contributed by atoms with E-state index >= 15 is 0 Å². The summed E-state index contributed by atoms with van der Waals surface area (Å²) < 4.78 is 5.28. The molecule has 0 saturated heterocycles. The lowest BCUT2D eigenvalue weighted by molar-refractivity contribution is -0.133. The average molecular weight is 794 g/mol. The number of amides is 1. The Morgan fingerprint density at radius 3 is 1.98 bits per heavy atom. The zero-order chi connectivity index (χ0) is 40.9. The molecule has 2 aromatic carbocycles. The second-order valence-electron chi connectivity index (χ2n) is 17.3. The van der Waals surface area contributed by atoms with Crippen LogP contribution in [0.15, 0.2) is 88.9 Å². The minimum atomic E-state index is -0.539. The number of rotatable bonds is 5. The molecule has 7 rings (SSSR count). The van der Waals surface area contributed by atoms with E-state index < -0.39 is 11.7 Å². The summed E-state index contributed by atoms with van der Waals surface area (Å²) in [6.07, 6.45) is 6.22. The van der Waals surface area contributed by atoms with Gasteiger partial charge in [0.15, 0.2) is 11.6 Å². The highest BCUT2D eigenvalue weighted by molar-refractivity contribution is 7.11. The number of hydrogen-bond acceptors (Lipinski definition) is 9. The van der Waals surface area contributed by atoms with Crippen molar-refractivity contribution >= 4 is 57.5 Å². The molecule has 1 unspecified atom stereocenters. The summed E-state index contributed by atoms with van der Waals surface area (Å²) in [4.78, 5) is 58.0. The zero-order valence-electron chi connectivity index (χ0n) is 34.2. The molecule has 56 heavy (non-hydrogen) atoms. The summed E-state index contributed by atoms with van der Waals surface area (Å²) in [5, 5.41) is 2.73. The number of benzene rings is 2. The van der Waals surface area contributed by atoms with Crippen LogP contribution in [0.5, 0.6) is 0 Å². The van der Waals surface area contributed by atoms with Gasteiger partial charge in [0.25, 0.3) is 0 Å². The molecule has 1 fully saturated rings. The van der Waals surface area contributed by atoms with E-state index in [2.05, 4.69) is 60.3 Å². The van der Waals surface area contributed by atoms with Crippen LogP contribution in [0.25, 0.3) is 5.57 Å². The first-order valence-corrected chi connectivity index (χ1v) is 21.1. The Labute approximate surface area is 339 Å². The smallest absolute Gasteiger partial charge is 0.413 e. The minimum Gasteiger partial charge on any atom is -0.444 e. The molecule has 0 radical (unpaired) electrons. The molecule has 3 aliphatic rings. The van der Waals surface area contributed by atoms with E-state index in [0.717, 1.165) is 40.8 Å². The Bertz CT molecular complexity index is 2100. The van der Waals surface area contributed by atoms with Crippen molar-refractivity contribution in [1.82, 2.24) is 9.97 Å². The molecule has 296 valence electrons. The predicted molar refractivity (Wildman–Crippen MR) is 227 cm³/mol. The number of nitrogens with one attached hydrogen (secondary N) is 1. The normalized spacial score (nSPS) is 20.1. The highest BCUT2D eigenvalue weighted by atomic mass is 32.1. The first-order chi connectivity index (χ1) is 26.4. The molecule has 10 heteroatoms. The van der Waals surface area contributed by atoms with E-state index in [4.69, 9.17) is 4.74 Å². The lowest BCUT2D eigenvalue weighted by Gasteiger charge is -2.44. The summed E-state index contributed by atoms with van der Waals surface area (Å²) in [5.41, 5.74) is 9.73. The Morgan fingerprint density at radius 1 is 0.821 bits per heavy atom. The van der Waals surface area contributed by atoms with Crippen molar-refractivity contribution < 1.29 is 23.9 Å². The molecule has 0 aliphatic heterocycles. The standard InChI is InChI=1S/C21H23NOS.C17H20N2O2S.C8H12O2/c1-4-21(15-8-6-5-7-9-15)18-14(10-16-19(21)24-13-22-16)11-20(2,3)12-17(18)23;1-5-13(12-9-7-6-8-10-12)14-15(18-11-22-14)19-16(20)21-17(2,3)4;1-8(2)4-6(9)3-7(10)5-8/h5-9,13H,4,10-12H2,1-3H3;5-11H,1-4H3,(H,19,20);3-5H2,1-2H3. The van der Waals surface area contributed by atoms with Crippen LogP contribution >= 0.6 is 22.7 Å². The number of Topliss-reactive ketones (excluding diaryl/α,β-unsaturated/α-hetero) is 3. The fourth-order valence-electron chi connectivity index (χ4n) is 8.18. The van der Waals surface area contributed by atoms with Gasteiger partial charge in [-0.1, -0.05) is 107 Å². The number of ketones is 3. The van der Waals surface area contributed by atoms with Crippen molar-refractivity contribution in [3.05, 3.63) is 115 Å². The maximum atomic E-state index is 13.3. The van der Waals surface area contributed by atoms with Gasteiger partial charge in [0.05, 0.1) is 33.4 Å². The monoisotopic (exact) mass is 793 g/mol. The van der Waals surface area contributed by atoms with Gasteiger partial charge in [0.1, 0.15) is 17.2 Å². The Morgan fingerprint density at radius 2 is 1.41 bits per heavy atom. The summed E-state index contributed by atoms with van der Waals surface area (Å²) in [6.45, 7) is 18.0. The molecule has 1 atom stereocenters. The highest BCUT2D eigenvalue weighted by Gasteiger charge is 2.50. The number of nitrogens with zero attached hydrogens (tertiary/aromatic N) is 2. The fraction of sp³-hybridized carbons (Fsp3) is 0.435. The summed E-state index contributed by atoms with van der Waals surface area (Å²) in [5.74, 6) is 1.06. The molecule has 1 saturated carbocycles. The number of thiazole rings is 2. The van der Waals surface area contributed by atoms with Crippen molar-refractivity contribution in [2.24, 2.45) is 10.8 Å². The van der Waals surface area contributed by atoms with Crippen molar-refractivity contribution in [2.45, 2.75) is 118 Å². The fourth-order valence-corrected chi connectivity index (χ4v) is 10.1. The molecule has 3 aliphatic carbocycles. The third kappa shape index (κ3) is 10.1. The Balaban J connectivity index is 0.000000174. The number of carbonyl (C=O) groups is 4. The molecule has 1 N–H and O–H groups in total. The van der Waals surface area contributed by atoms with Gasteiger partial charge >= 0.3 is 6.09 Å². The van der Waals surface area contributed by atoms with Crippen molar-refractivity contribution in [1.29, 1.82) is 0 Å². The van der Waals surface area contributed by atoms with Crippen LogP contribution in [-0.4, -0.2) is 39.0 Å². The van der Waals surface area contributed by atoms with Gasteiger partial charge in [-0.15, -0.1) is 22.7 Å². The molecular weight excluding hydrogens is 739 g/mol. The highest BCUT2D eigenvalue weighted by Crippen LogP contribution is 2.54. The number of hydrogen-bond donors (Lipinski definition) is 1. The van der Waals surface area contributed by atoms with Crippen LogP contribution in [0.4, 0.5) is 10.6 Å². The van der Waals surface area contributed by atoms with E-state index in [-0.39, 0.29) is 34.2 Å². The number of fused-ring (bicyclic) bond motifs is 1. The largest absolute Gasteiger partial charge is 0.444 e. The van der Waals surface area contributed by atoms with Crippen LogP contribution in [-0.2, 0) is 31.0 Å². The van der Waals surface area contributed by atoms with Crippen molar-refractivity contribution in [2.75, 3.05) is 5.32 Å². The molecule has 2 heterocycles. The van der Waals surface area contributed by atoms with Crippen molar-refractivity contribution in [3.63, 3.8) is 0 Å². The van der Waals surface area contributed by atoms with Gasteiger partial charge in [0.2, 0.25) is 0 Å². The molecule has 8 nitrogen and oxygen atoms in total. The van der Waals surface area contributed by atoms with Crippen molar-refractivity contribution in [3.8, 4) is 0 Å². The molecule has 2 aromatic heterocycles. The van der Waals surface area contributed by atoms with Crippen LogP contribution in [0.3, 0.4) is 0 Å². The quantitative estimate of drug-likeness (QED) is 0.200. The summed E-state index contributed by atoms with van der Waals surface area (Å²) >= 11 is 3.20. The SMILES string of the molecule is CC1(C)CC(=O)CC(=O)C1.CC=C(c1ccccc1)c1scnc1NC(=O)OC(C)(C)C.CCC1(c2ccccc2)C2=C(Cc3ncsc31)CC(C)(C)CC2=O. The lowest BCUT2D eigenvalue weighted by atomic mass is 9.59.